The zero-order valence-corrected chi connectivity index (χ0v) is 13.9. The van der Waals surface area contributed by atoms with Crippen LogP contribution >= 0.6 is 22.9 Å². The molecule has 1 spiro atoms. The van der Waals surface area contributed by atoms with Crippen molar-refractivity contribution in [3.05, 3.63) is 56.7 Å². The molecule has 23 heavy (non-hydrogen) atoms. The molecule has 118 valence electrons. The summed E-state index contributed by atoms with van der Waals surface area (Å²) in [4.78, 5) is 28.0. The maximum Gasteiger partial charge on any atom is 0.325 e. The zero-order valence-electron chi connectivity index (χ0n) is 12.3. The van der Waals surface area contributed by atoms with Crippen LogP contribution in [0.1, 0.15) is 28.8 Å². The van der Waals surface area contributed by atoms with E-state index in [0.29, 0.717) is 11.4 Å². The van der Waals surface area contributed by atoms with E-state index < -0.39 is 5.54 Å². The highest BCUT2D eigenvalue weighted by molar-refractivity contribution is 7.10. The summed E-state index contributed by atoms with van der Waals surface area (Å²) in [5.41, 5.74) is 0.948. The van der Waals surface area contributed by atoms with Gasteiger partial charge in [-0.15, -0.1) is 11.3 Å². The van der Waals surface area contributed by atoms with E-state index in [4.69, 9.17) is 11.6 Å². The van der Waals surface area contributed by atoms with Crippen LogP contribution in [0.15, 0.2) is 35.7 Å². The van der Waals surface area contributed by atoms with Gasteiger partial charge in [-0.1, -0.05) is 23.7 Å². The van der Waals surface area contributed by atoms with Crippen LogP contribution in [-0.4, -0.2) is 16.8 Å². The Balaban J connectivity index is 1.68. The quantitative estimate of drug-likeness (QED) is 0.843. The Bertz CT molecular complexity index is 803. The predicted molar refractivity (Wildman–Crippen MR) is 89.5 cm³/mol. The minimum Gasteiger partial charge on any atom is -0.319 e. The summed E-state index contributed by atoms with van der Waals surface area (Å²) in [5.74, 6) is -0.151. The third kappa shape index (κ3) is 2.26. The van der Waals surface area contributed by atoms with Crippen molar-refractivity contribution in [1.29, 1.82) is 0 Å². The van der Waals surface area contributed by atoms with E-state index >= 15 is 0 Å². The molecule has 0 bridgehead atoms. The third-order valence-electron chi connectivity index (χ3n) is 4.57. The minimum absolute atomic E-state index is 0.151. The fourth-order valence-corrected chi connectivity index (χ4v) is 4.72. The summed E-state index contributed by atoms with van der Waals surface area (Å²) in [5, 5.41) is 5.55. The fourth-order valence-electron chi connectivity index (χ4n) is 3.50. The van der Waals surface area contributed by atoms with Crippen molar-refractivity contribution >= 4 is 34.9 Å². The topological polar surface area (TPSA) is 49.4 Å². The highest BCUT2D eigenvalue weighted by Gasteiger charge is 2.54. The molecular weight excluding hydrogens is 332 g/mol. The number of amides is 3. The molecule has 1 N–H and O–H groups in total. The number of nitrogens with one attached hydrogen (secondary N) is 1. The van der Waals surface area contributed by atoms with Gasteiger partial charge in [0.2, 0.25) is 0 Å². The first kappa shape index (κ1) is 14.7. The van der Waals surface area contributed by atoms with Gasteiger partial charge in [-0.2, -0.15) is 0 Å². The van der Waals surface area contributed by atoms with Gasteiger partial charge in [0, 0.05) is 15.5 Å². The lowest BCUT2D eigenvalue weighted by molar-refractivity contribution is -0.132. The van der Waals surface area contributed by atoms with Crippen LogP contribution in [-0.2, 0) is 23.3 Å². The van der Waals surface area contributed by atoms with E-state index in [1.807, 2.05) is 23.6 Å². The average Bonchev–Trinajstić information content (AvgIpc) is 3.09. The van der Waals surface area contributed by atoms with E-state index in [0.717, 1.165) is 24.0 Å². The van der Waals surface area contributed by atoms with Crippen molar-refractivity contribution in [2.75, 3.05) is 0 Å². The number of hydrogen-bond donors (Lipinski definition) is 1. The van der Waals surface area contributed by atoms with Crippen molar-refractivity contribution in [2.24, 2.45) is 0 Å². The first-order valence-corrected chi connectivity index (χ1v) is 8.81. The Kier molecular flexibility index (Phi) is 3.43. The second kappa shape index (κ2) is 5.35. The lowest BCUT2D eigenvalue weighted by Crippen LogP contribution is -2.46. The highest BCUT2D eigenvalue weighted by atomic mass is 35.5. The van der Waals surface area contributed by atoms with Crippen LogP contribution in [0.3, 0.4) is 0 Å². The summed E-state index contributed by atoms with van der Waals surface area (Å²) in [7, 11) is 0. The first-order valence-electron chi connectivity index (χ1n) is 7.55. The largest absolute Gasteiger partial charge is 0.325 e. The minimum atomic E-state index is -0.872. The van der Waals surface area contributed by atoms with E-state index in [1.54, 1.807) is 23.5 Å². The number of carbonyl (C=O) groups excluding carboxylic acids is 2. The van der Waals surface area contributed by atoms with E-state index in [-0.39, 0.29) is 18.5 Å². The summed E-state index contributed by atoms with van der Waals surface area (Å²) < 4.78 is 0. The monoisotopic (exact) mass is 346 g/mol. The molecule has 1 saturated heterocycles. The number of fused-ring (bicyclic) bond motifs is 2. The number of urea groups is 1. The highest BCUT2D eigenvalue weighted by Crippen LogP contribution is 2.42. The number of rotatable bonds is 2. The normalized spacial score (nSPS) is 23.3. The van der Waals surface area contributed by atoms with Gasteiger partial charge in [-0.3, -0.25) is 9.69 Å². The van der Waals surface area contributed by atoms with Crippen molar-refractivity contribution in [3.8, 4) is 0 Å². The van der Waals surface area contributed by atoms with Gasteiger partial charge in [0.15, 0.2) is 0 Å². The third-order valence-corrected chi connectivity index (χ3v) is 5.78. The maximum atomic E-state index is 13.1. The summed E-state index contributed by atoms with van der Waals surface area (Å²) in [6.07, 6.45) is 2.55. The van der Waals surface area contributed by atoms with Gasteiger partial charge in [0.1, 0.15) is 5.54 Å². The Morgan fingerprint density at radius 3 is 3.00 bits per heavy atom. The zero-order chi connectivity index (χ0) is 16.0. The number of aryl methyl sites for hydroxylation is 1. The molecule has 1 fully saturated rings. The molecule has 4 nitrogen and oxygen atoms in total. The smallest absolute Gasteiger partial charge is 0.319 e. The molecule has 1 aliphatic heterocycles. The number of nitrogens with zero attached hydrogens (tertiary/aromatic N) is 1. The Morgan fingerprint density at radius 1 is 1.30 bits per heavy atom. The molecule has 4 rings (SSSR count). The number of imide groups is 1. The number of thiophene rings is 1. The van der Waals surface area contributed by atoms with Crippen molar-refractivity contribution in [2.45, 2.75) is 31.3 Å². The average molecular weight is 347 g/mol. The SMILES string of the molecule is O=C1N[C@]2(CCCc3sccc32)C(=O)N1Cc1cccc(Cl)c1. The van der Waals surface area contributed by atoms with Crippen LogP contribution in [0.5, 0.6) is 0 Å². The van der Waals surface area contributed by atoms with Crippen LogP contribution in [0, 0.1) is 0 Å². The molecule has 2 aromatic rings. The number of carbonyl (C=O) groups is 2. The second-order valence-corrected chi connectivity index (χ2v) is 7.40. The molecule has 1 atom stereocenters. The van der Waals surface area contributed by atoms with Crippen molar-refractivity contribution in [1.82, 2.24) is 10.2 Å². The van der Waals surface area contributed by atoms with Gasteiger partial charge in [0.05, 0.1) is 6.54 Å². The molecule has 0 saturated carbocycles. The van der Waals surface area contributed by atoms with Crippen molar-refractivity contribution in [3.63, 3.8) is 0 Å². The second-order valence-electron chi connectivity index (χ2n) is 5.97. The maximum absolute atomic E-state index is 13.1. The molecule has 0 radical (unpaired) electrons. The Morgan fingerprint density at radius 2 is 2.17 bits per heavy atom. The van der Waals surface area contributed by atoms with Crippen LogP contribution in [0.2, 0.25) is 5.02 Å². The number of hydrogen-bond acceptors (Lipinski definition) is 3. The van der Waals surface area contributed by atoms with E-state index in [2.05, 4.69) is 5.32 Å². The number of benzene rings is 1. The lowest BCUT2D eigenvalue weighted by Gasteiger charge is -2.31. The summed E-state index contributed by atoms with van der Waals surface area (Å²) in [6.45, 7) is 0.243. The van der Waals surface area contributed by atoms with Gasteiger partial charge in [-0.05, 0) is 48.4 Å². The summed E-state index contributed by atoms with van der Waals surface area (Å²) in [6, 6.07) is 8.90. The van der Waals surface area contributed by atoms with Gasteiger partial charge >= 0.3 is 6.03 Å². The van der Waals surface area contributed by atoms with Crippen LogP contribution in [0.25, 0.3) is 0 Å². The Labute approximate surface area is 143 Å². The molecule has 2 aliphatic rings. The molecular formula is C17H15ClN2O2S. The Hall–Kier alpha value is -1.85. The molecule has 1 aromatic carbocycles. The predicted octanol–water partition coefficient (Wildman–Crippen LogP) is 3.69. The fraction of sp³-hybridized carbons (Fsp3) is 0.294. The molecule has 1 aliphatic carbocycles. The van der Waals surface area contributed by atoms with Crippen molar-refractivity contribution < 1.29 is 9.59 Å². The molecule has 2 heterocycles. The lowest BCUT2D eigenvalue weighted by atomic mass is 9.80. The standard InChI is InChI=1S/C17H15ClN2O2S/c18-12-4-1-3-11(9-12)10-20-15(21)17(19-16(20)22)7-2-5-14-13(17)6-8-23-14/h1,3-4,6,8-9H,2,5,7,10H2,(H,19,22)/t17-/m0/s1. The van der Waals surface area contributed by atoms with E-state index in [9.17, 15) is 9.59 Å². The molecule has 1 aromatic heterocycles. The van der Waals surface area contributed by atoms with Crippen LogP contribution < -0.4 is 5.32 Å². The first-order chi connectivity index (χ1) is 11.1. The molecule has 0 unspecified atom stereocenters. The summed E-state index contributed by atoms with van der Waals surface area (Å²) >= 11 is 7.65. The van der Waals surface area contributed by atoms with Gasteiger partial charge in [0.25, 0.3) is 5.91 Å². The van der Waals surface area contributed by atoms with Crippen LogP contribution in [0.4, 0.5) is 4.79 Å². The molecule has 6 heteroatoms. The van der Waals surface area contributed by atoms with Gasteiger partial charge < -0.3 is 5.32 Å². The van der Waals surface area contributed by atoms with Gasteiger partial charge in [-0.25, -0.2) is 4.79 Å². The van der Waals surface area contributed by atoms with E-state index in [1.165, 1.54) is 9.78 Å². The number of halogens is 1. The molecule has 3 amide bonds.